The van der Waals surface area contributed by atoms with Crippen LogP contribution < -0.4 is 4.90 Å². The van der Waals surface area contributed by atoms with Crippen molar-refractivity contribution in [2.24, 2.45) is 0 Å². The predicted octanol–water partition coefficient (Wildman–Crippen LogP) is 2.75. The highest BCUT2D eigenvalue weighted by Gasteiger charge is 2.13. The number of hydrogen-bond donors (Lipinski definition) is 1. The van der Waals surface area contributed by atoms with E-state index >= 15 is 0 Å². The molecule has 0 radical (unpaired) electrons. The molecule has 0 aliphatic rings. The van der Waals surface area contributed by atoms with Gasteiger partial charge in [-0.15, -0.1) is 0 Å². The van der Waals surface area contributed by atoms with Gasteiger partial charge >= 0.3 is 5.97 Å². The third-order valence-corrected chi connectivity index (χ3v) is 3.53. The van der Waals surface area contributed by atoms with Crippen LogP contribution in [-0.2, 0) is 4.74 Å². The molecule has 0 amide bonds. The van der Waals surface area contributed by atoms with Crippen molar-refractivity contribution >= 4 is 23.5 Å². The maximum absolute atomic E-state index is 11.5. The number of nitrogens with zero attached hydrogens (tertiary/aromatic N) is 3. The Kier molecular flexibility index (Phi) is 5.90. The maximum Gasteiger partial charge on any atom is 0.337 e. The van der Waals surface area contributed by atoms with Crippen molar-refractivity contribution in [1.29, 1.82) is 0 Å². The fourth-order valence-electron chi connectivity index (χ4n) is 2.10. The number of aliphatic hydroxyl groups excluding tert-OH is 1. The number of esters is 1. The minimum atomic E-state index is -0.402. The average molecular weight is 336 g/mol. The van der Waals surface area contributed by atoms with Gasteiger partial charge < -0.3 is 14.7 Å². The first-order valence-corrected chi connectivity index (χ1v) is 7.55. The number of hydrogen-bond acceptors (Lipinski definition) is 6. The average Bonchev–Trinajstić information content (AvgIpc) is 2.60. The molecule has 0 aliphatic heterocycles. The Morgan fingerprint density at radius 3 is 2.61 bits per heavy atom. The van der Waals surface area contributed by atoms with E-state index in [2.05, 4.69) is 14.7 Å². The number of benzene rings is 1. The van der Waals surface area contributed by atoms with Crippen LogP contribution in [0.25, 0.3) is 11.3 Å². The summed E-state index contributed by atoms with van der Waals surface area (Å²) in [5, 5.41) is 9.82. The Balaban J connectivity index is 2.36. The molecule has 0 saturated heterocycles. The van der Waals surface area contributed by atoms with Crippen LogP contribution in [0.1, 0.15) is 23.7 Å². The van der Waals surface area contributed by atoms with Gasteiger partial charge in [-0.05, 0) is 18.6 Å². The van der Waals surface area contributed by atoms with E-state index in [9.17, 15) is 9.90 Å². The number of ether oxygens (including phenoxy) is 1. The number of rotatable bonds is 6. The second-order valence-corrected chi connectivity index (χ2v) is 5.25. The van der Waals surface area contributed by atoms with Gasteiger partial charge in [0.05, 0.1) is 29.6 Å². The molecule has 0 atom stereocenters. The van der Waals surface area contributed by atoms with Crippen LogP contribution in [0.3, 0.4) is 0 Å². The number of carbonyl (C=O) groups excluding carboxylic acids is 1. The Labute approximate surface area is 139 Å². The van der Waals surface area contributed by atoms with Crippen LogP contribution in [0.2, 0.25) is 5.02 Å². The smallest absolute Gasteiger partial charge is 0.337 e. The lowest BCUT2D eigenvalue weighted by Gasteiger charge is -2.19. The van der Waals surface area contributed by atoms with Crippen LogP contribution in [0.4, 0.5) is 5.95 Å². The lowest BCUT2D eigenvalue weighted by molar-refractivity contribution is 0.0601. The highest BCUT2D eigenvalue weighted by molar-refractivity contribution is 6.32. The second-order valence-electron chi connectivity index (χ2n) is 4.84. The summed E-state index contributed by atoms with van der Waals surface area (Å²) in [5.41, 5.74) is 1.74. The zero-order valence-corrected chi connectivity index (χ0v) is 13.7. The molecule has 0 unspecified atom stereocenters. The van der Waals surface area contributed by atoms with E-state index in [4.69, 9.17) is 11.6 Å². The van der Waals surface area contributed by atoms with Crippen LogP contribution >= 0.6 is 11.6 Å². The Bertz CT molecular complexity index is 677. The quantitative estimate of drug-likeness (QED) is 0.646. The van der Waals surface area contributed by atoms with Gasteiger partial charge in [-0.25, -0.2) is 14.8 Å². The van der Waals surface area contributed by atoms with Crippen molar-refractivity contribution in [3.63, 3.8) is 0 Å². The first-order chi connectivity index (χ1) is 11.1. The molecule has 0 aliphatic carbocycles. The third-order valence-electron chi connectivity index (χ3n) is 3.26. The van der Waals surface area contributed by atoms with E-state index in [0.29, 0.717) is 28.8 Å². The van der Waals surface area contributed by atoms with E-state index in [1.807, 2.05) is 6.92 Å². The predicted molar refractivity (Wildman–Crippen MR) is 88.5 cm³/mol. The second kappa shape index (κ2) is 7.89. The molecule has 23 heavy (non-hydrogen) atoms. The van der Waals surface area contributed by atoms with E-state index in [1.54, 1.807) is 29.2 Å². The van der Waals surface area contributed by atoms with Crippen LogP contribution in [0.15, 0.2) is 30.5 Å². The van der Waals surface area contributed by atoms with Crippen molar-refractivity contribution in [3.05, 3.63) is 41.0 Å². The molecular formula is C16H18ClN3O3. The van der Waals surface area contributed by atoms with Gasteiger partial charge in [-0.1, -0.05) is 30.7 Å². The van der Waals surface area contributed by atoms with Gasteiger partial charge in [0.25, 0.3) is 0 Å². The molecule has 1 N–H and O–H groups in total. The van der Waals surface area contributed by atoms with Gasteiger partial charge in [0, 0.05) is 12.1 Å². The molecule has 1 heterocycles. The number of aromatic nitrogens is 2. The zero-order valence-electron chi connectivity index (χ0n) is 13.0. The maximum atomic E-state index is 11.5. The summed E-state index contributed by atoms with van der Waals surface area (Å²) in [6.07, 6.45) is 2.36. The van der Waals surface area contributed by atoms with Gasteiger partial charge in [-0.3, -0.25) is 0 Å². The highest BCUT2D eigenvalue weighted by Crippen LogP contribution is 2.27. The Morgan fingerprint density at radius 2 is 2.04 bits per heavy atom. The zero-order chi connectivity index (χ0) is 16.8. The summed E-state index contributed by atoms with van der Waals surface area (Å²) in [5.74, 6) is 0.00576. The summed E-state index contributed by atoms with van der Waals surface area (Å²) in [7, 11) is 1.33. The SMILES string of the molecule is CCCN(CO)c1ncc(Cl)c(-c2ccc(C(=O)OC)cc2)n1. The van der Waals surface area contributed by atoms with Crippen LogP contribution in [-0.4, -0.2) is 41.4 Å². The minimum absolute atomic E-state index is 0.170. The normalized spacial score (nSPS) is 10.4. The van der Waals surface area contributed by atoms with Crippen molar-refractivity contribution < 1.29 is 14.6 Å². The molecule has 2 aromatic rings. The Morgan fingerprint density at radius 1 is 1.35 bits per heavy atom. The lowest BCUT2D eigenvalue weighted by atomic mass is 10.1. The van der Waals surface area contributed by atoms with Crippen LogP contribution in [0, 0.1) is 0 Å². The number of methoxy groups -OCH3 is 1. The van der Waals surface area contributed by atoms with E-state index < -0.39 is 5.97 Å². The summed E-state index contributed by atoms with van der Waals surface area (Å²) >= 11 is 6.19. The molecule has 1 aromatic heterocycles. The first kappa shape index (κ1) is 17.2. The summed E-state index contributed by atoms with van der Waals surface area (Å²) in [6, 6.07) is 6.78. The number of anilines is 1. The highest BCUT2D eigenvalue weighted by atomic mass is 35.5. The Hall–Kier alpha value is -2.18. The lowest BCUT2D eigenvalue weighted by Crippen LogP contribution is -2.27. The summed E-state index contributed by atoms with van der Waals surface area (Å²) in [4.78, 5) is 21.7. The third kappa shape index (κ3) is 3.97. The van der Waals surface area contributed by atoms with Crippen LogP contribution in [0.5, 0.6) is 0 Å². The van der Waals surface area contributed by atoms with Crippen molar-refractivity contribution in [2.75, 3.05) is 25.3 Å². The van der Waals surface area contributed by atoms with Gasteiger partial charge in [0.1, 0.15) is 6.73 Å². The van der Waals surface area contributed by atoms with Gasteiger partial charge in [-0.2, -0.15) is 0 Å². The number of aliphatic hydroxyl groups is 1. The molecule has 122 valence electrons. The fraction of sp³-hybridized carbons (Fsp3) is 0.312. The molecule has 1 aromatic carbocycles. The van der Waals surface area contributed by atoms with Crippen molar-refractivity contribution in [1.82, 2.24) is 9.97 Å². The monoisotopic (exact) mass is 335 g/mol. The van der Waals surface area contributed by atoms with Crippen molar-refractivity contribution in [3.8, 4) is 11.3 Å². The van der Waals surface area contributed by atoms with Gasteiger partial charge in [0.15, 0.2) is 0 Å². The minimum Gasteiger partial charge on any atom is -0.465 e. The standard InChI is InChI=1S/C16H18ClN3O3/c1-3-8-20(10-21)16-18-9-13(17)14(19-16)11-4-6-12(7-5-11)15(22)23-2/h4-7,9,21H,3,8,10H2,1-2H3. The van der Waals surface area contributed by atoms with E-state index in [0.717, 1.165) is 12.0 Å². The molecule has 0 spiro atoms. The molecule has 0 fully saturated rings. The summed E-state index contributed by atoms with van der Waals surface area (Å²) < 4.78 is 4.67. The molecule has 0 bridgehead atoms. The van der Waals surface area contributed by atoms with Gasteiger partial charge in [0.2, 0.25) is 5.95 Å². The first-order valence-electron chi connectivity index (χ1n) is 7.17. The van der Waals surface area contributed by atoms with E-state index in [1.165, 1.54) is 13.3 Å². The molecule has 2 rings (SSSR count). The molecule has 0 saturated carbocycles. The molecule has 7 heteroatoms. The topological polar surface area (TPSA) is 75.5 Å². The van der Waals surface area contributed by atoms with Crippen molar-refractivity contribution in [2.45, 2.75) is 13.3 Å². The summed E-state index contributed by atoms with van der Waals surface area (Å²) in [6.45, 7) is 2.47. The molecular weight excluding hydrogens is 318 g/mol. The largest absolute Gasteiger partial charge is 0.465 e. The number of carbonyl (C=O) groups is 1. The fourth-order valence-corrected chi connectivity index (χ4v) is 2.30. The number of halogens is 1. The van der Waals surface area contributed by atoms with E-state index in [-0.39, 0.29) is 6.73 Å². The molecule has 6 nitrogen and oxygen atoms in total.